The van der Waals surface area contributed by atoms with Crippen molar-refractivity contribution in [2.45, 2.75) is 0 Å². The van der Waals surface area contributed by atoms with Crippen LogP contribution >= 0.6 is 0 Å². The molecular formula is C8H6N2O2. The van der Waals surface area contributed by atoms with Crippen LogP contribution in [0.3, 0.4) is 0 Å². The fourth-order valence-corrected chi connectivity index (χ4v) is 0.953. The first kappa shape index (κ1) is 6.84. The van der Waals surface area contributed by atoms with E-state index in [4.69, 9.17) is 0 Å². The first-order valence-corrected chi connectivity index (χ1v) is 3.44. The number of hydrogen-bond acceptors (Lipinski definition) is 3. The third-order valence-electron chi connectivity index (χ3n) is 1.51. The predicted molar refractivity (Wildman–Crippen MR) is 42.6 cm³/mol. The topological polar surface area (TPSA) is 58.9 Å². The Morgan fingerprint density at radius 1 is 1.33 bits per heavy atom. The molecule has 0 spiro atoms. The molecular weight excluding hydrogens is 156 g/mol. The summed E-state index contributed by atoms with van der Waals surface area (Å²) < 4.78 is 4.59. The molecule has 2 heterocycles. The molecule has 0 unspecified atom stereocenters. The molecule has 0 aliphatic rings. The van der Waals surface area contributed by atoms with E-state index in [1.165, 1.54) is 6.26 Å². The van der Waals surface area contributed by atoms with Crippen LogP contribution in [0.4, 0.5) is 0 Å². The Morgan fingerprint density at radius 2 is 2.08 bits per heavy atom. The van der Waals surface area contributed by atoms with Crippen LogP contribution in [0.2, 0.25) is 0 Å². The highest BCUT2D eigenvalue weighted by molar-refractivity contribution is 5.56. The van der Waals surface area contributed by atoms with Crippen LogP contribution in [0.15, 0.2) is 40.0 Å². The number of rotatable bonds is 1. The van der Waals surface area contributed by atoms with Crippen molar-refractivity contribution in [3.63, 3.8) is 0 Å². The summed E-state index contributed by atoms with van der Waals surface area (Å²) in [6.07, 6.45) is 4.69. The van der Waals surface area contributed by atoms with E-state index in [1.807, 2.05) is 0 Å². The molecule has 0 atom stereocenters. The zero-order chi connectivity index (χ0) is 8.39. The molecule has 0 saturated heterocycles. The zero-order valence-electron chi connectivity index (χ0n) is 6.15. The molecule has 0 radical (unpaired) electrons. The number of aromatic nitrogens is 2. The van der Waals surface area contributed by atoms with Crippen molar-refractivity contribution in [1.82, 2.24) is 9.97 Å². The first-order chi connectivity index (χ1) is 5.86. The molecule has 2 aromatic rings. The Balaban J connectivity index is 2.51. The van der Waals surface area contributed by atoms with Crippen LogP contribution in [0.5, 0.6) is 0 Å². The highest BCUT2D eigenvalue weighted by Gasteiger charge is 1.99. The normalized spacial score (nSPS) is 10.0. The van der Waals surface area contributed by atoms with Crippen LogP contribution in [0.1, 0.15) is 0 Å². The van der Waals surface area contributed by atoms with Crippen LogP contribution < -0.4 is 5.76 Å². The van der Waals surface area contributed by atoms with Gasteiger partial charge in [0.15, 0.2) is 0 Å². The van der Waals surface area contributed by atoms with E-state index in [-0.39, 0.29) is 0 Å². The largest absolute Gasteiger partial charge is 0.416 e. The van der Waals surface area contributed by atoms with Crippen LogP contribution in [-0.2, 0) is 0 Å². The summed E-state index contributed by atoms with van der Waals surface area (Å²) in [4.78, 5) is 17.0. The fraction of sp³-hybridized carbons (Fsp3) is 0. The van der Waals surface area contributed by atoms with Crippen molar-refractivity contribution in [2.75, 3.05) is 0 Å². The number of nitrogens with one attached hydrogen (secondary N) is 1. The molecule has 0 aromatic carbocycles. The number of oxazole rings is 1. The molecule has 0 fully saturated rings. The van der Waals surface area contributed by atoms with Crippen LogP contribution in [-0.4, -0.2) is 9.97 Å². The minimum atomic E-state index is -0.443. The summed E-state index contributed by atoms with van der Waals surface area (Å²) in [5.41, 5.74) is 1.55. The number of H-pyrrole nitrogens is 1. The summed E-state index contributed by atoms with van der Waals surface area (Å²) in [5.74, 6) is -0.443. The van der Waals surface area contributed by atoms with Gasteiger partial charge < -0.3 is 4.42 Å². The maximum absolute atomic E-state index is 10.6. The van der Waals surface area contributed by atoms with E-state index >= 15 is 0 Å². The van der Waals surface area contributed by atoms with Crippen molar-refractivity contribution in [3.05, 3.63) is 41.3 Å². The Morgan fingerprint density at radius 3 is 2.67 bits per heavy atom. The van der Waals surface area contributed by atoms with Gasteiger partial charge in [-0.05, 0) is 12.1 Å². The van der Waals surface area contributed by atoms with Crippen molar-refractivity contribution in [2.24, 2.45) is 0 Å². The molecule has 4 heteroatoms. The van der Waals surface area contributed by atoms with Gasteiger partial charge in [-0.15, -0.1) is 0 Å². The number of nitrogens with zero attached hydrogens (tertiary/aromatic N) is 1. The van der Waals surface area contributed by atoms with Gasteiger partial charge in [0, 0.05) is 18.0 Å². The molecule has 0 aliphatic heterocycles. The minimum absolute atomic E-state index is 0.443. The average molecular weight is 162 g/mol. The third-order valence-corrected chi connectivity index (χ3v) is 1.51. The highest BCUT2D eigenvalue weighted by atomic mass is 16.4. The van der Waals surface area contributed by atoms with Gasteiger partial charge in [0.25, 0.3) is 0 Å². The summed E-state index contributed by atoms with van der Waals surface area (Å²) in [6.45, 7) is 0. The van der Waals surface area contributed by atoms with Crippen LogP contribution in [0, 0.1) is 0 Å². The lowest BCUT2D eigenvalue weighted by Gasteiger charge is -1.91. The van der Waals surface area contributed by atoms with Gasteiger partial charge in [-0.2, -0.15) is 0 Å². The molecule has 0 aliphatic carbocycles. The summed E-state index contributed by atoms with van der Waals surface area (Å²) in [6, 6.07) is 3.58. The monoisotopic (exact) mass is 162 g/mol. The SMILES string of the molecule is O=c1[nH]c(-c2ccncc2)co1. The second kappa shape index (κ2) is 2.65. The molecule has 0 amide bonds. The molecule has 4 nitrogen and oxygen atoms in total. The fourth-order valence-electron chi connectivity index (χ4n) is 0.953. The van der Waals surface area contributed by atoms with Crippen molar-refractivity contribution < 1.29 is 4.42 Å². The minimum Gasteiger partial charge on any atom is -0.416 e. The number of pyridine rings is 1. The number of hydrogen-bond donors (Lipinski definition) is 1. The van der Waals surface area contributed by atoms with Gasteiger partial charge in [0.2, 0.25) is 0 Å². The van der Waals surface area contributed by atoms with E-state index in [9.17, 15) is 4.79 Å². The van der Waals surface area contributed by atoms with E-state index in [0.717, 1.165) is 5.56 Å². The quantitative estimate of drug-likeness (QED) is 0.681. The van der Waals surface area contributed by atoms with Crippen molar-refractivity contribution in [3.8, 4) is 11.3 Å². The highest BCUT2D eigenvalue weighted by Crippen LogP contribution is 2.12. The second-order valence-corrected chi connectivity index (χ2v) is 2.30. The van der Waals surface area contributed by atoms with E-state index < -0.39 is 5.76 Å². The van der Waals surface area contributed by atoms with Gasteiger partial charge in [0.1, 0.15) is 6.26 Å². The van der Waals surface area contributed by atoms with E-state index in [1.54, 1.807) is 24.5 Å². The van der Waals surface area contributed by atoms with E-state index in [2.05, 4.69) is 14.4 Å². The summed E-state index contributed by atoms with van der Waals surface area (Å²) >= 11 is 0. The Hall–Kier alpha value is -1.84. The maximum atomic E-state index is 10.6. The Bertz CT molecular complexity index is 416. The molecule has 12 heavy (non-hydrogen) atoms. The molecule has 0 bridgehead atoms. The lowest BCUT2D eigenvalue weighted by molar-refractivity contribution is 0.515. The lowest BCUT2D eigenvalue weighted by atomic mass is 10.2. The molecule has 2 aromatic heterocycles. The van der Waals surface area contributed by atoms with Gasteiger partial charge in [0.05, 0.1) is 5.69 Å². The summed E-state index contributed by atoms with van der Waals surface area (Å²) in [5, 5.41) is 0. The maximum Gasteiger partial charge on any atom is 0.416 e. The number of aromatic amines is 1. The van der Waals surface area contributed by atoms with E-state index in [0.29, 0.717) is 5.69 Å². The average Bonchev–Trinajstić information content (AvgIpc) is 2.54. The first-order valence-electron chi connectivity index (χ1n) is 3.44. The van der Waals surface area contributed by atoms with Gasteiger partial charge in [-0.1, -0.05) is 0 Å². The van der Waals surface area contributed by atoms with Gasteiger partial charge in [-0.3, -0.25) is 9.97 Å². The molecule has 60 valence electrons. The summed E-state index contributed by atoms with van der Waals surface area (Å²) in [7, 11) is 0. The standard InChI is InChI=1S/C8H6N2O2/c11-8-10-7(5-12-8)6-1-3-9-4-2-6/h1-5H,(H,10,11). The smallest absolute Gasteiger partial charge is 0.416 e. The van der Waals surface area contributed by atoms with Crippen LogP contribution in [0.25, 0.3) is 11.3 Å². The molecule has 1 N–H and O–H groups in total. The zero-order valence-corrected chi connectivity index (χ0v) is 6.15. The molecule has 2 rings (SSSR count). The van der Waals surface area contributed by atoms with Gasteiger partial charge in [-0.25, -0.2) is 4.79 Å². The van der Waals surface area contributed by atoms with Crippen molar-refractivity contribution >= 4 is 0 Å². The second-order valence-electron chi connectivity index (χ2n) is 2.30. The van der Waals surface area contributed by atoms with Crippen molar-refractivity contribution in [1.29, 1.82) is 0 Å². The Labute approximate surface area is 67.9 Å². The Kier molecular flexibility index (Phi) is 1.51. The third kappa shape index (κ3) is 1.14. The lowest BCUT2D eigenvalue weighted by Crippen LogP contribution is -1.94. The predicted octanol–water partition coefficient (Wildman–Crippen LogP) is 1.03. The van der Waals surface area contributed by atoms with Gasteiger partial charge >= 0.3 is 5.76 Å². The molecule has 0 saturated carbocycles.